The van der Waals surface area contributed by atoms with Crippen LogP contribution in [0.5, 0.6) is 0 Å². The lowest BCUT2D eigenvalue weighted by atomic mass is 9.98. The van der Waals surface area contributed by atoms with Crippen LogP contribution in [0.4, 0.5) is 16.2 Å². The molecule has 2 N–H and O–H groups in total. The second kappa shape index (κ2) is 8.18. The number of hydrogen-bond donors (Lipinski definition) is 2. The number of nitrogens with one attached hydrogen (secondary N) is 2. The third kappa shape index (κ3) is 4.09. The molecular formula is C22H27FN6O. The van der Waals surface area contributed by atoms with Gasteiger partial charge in [-0.1, -0.05) is 6.07 Å². The van der Waals surface area contributed by atoms with E-state index >= 15 is 0 Å². The first-order valence-electron chi connectivity index (χ1n) is 10.7. The second-order valence-corrected chi connectivity index (χ2v) is 8.38. The quantitative estimate of drug-likeness (QED) is 0.555. The largest absolute Gasteiger partial charge is 0.379 e. The molecule has 0 radical (unpaired) electrons. The number of benzene rings is 1. The SMILES string of the molecule is Cn1cnc(CCCNc2nc(NC3COCC3C3CC3)c3c(F)cccc3n2)c1. The summed E-state index contributed by atoms with van der Waals surface area (Å²) in [7, 11) is 1.97. The van der Waals surface area contributed by atoms with Crippen molar-refractivity contribution < 1.29 is 9.13 Å². The van der Waals surface area contributed by atoms with E-state index in [0.29, 0.717) is 47.7 Å². The first kappa shape index (κ1) is 19.2. The van der Waals surface area contributed by atoms with Gasteiger partial charge in [0.15, 0.2) is 0 Å². The predicted octanol–water partition coefficient (Wildman–Crippen LogP) is 3.38. The lowest BCUT2D eigenvalue weighted by Crippen LogP contribution is -2.30. The first-order chi connectivity index (χ1) is 14.7. The van der Waals surface area contributed by atoms with Crippen LogP contribution in [0.25, 0.3) is 10.9 Å². The van der Waals surface area contributed by atoms with Gasteiger partial charge >= 0.3 is 0 Å². The summed E-state index contributed by atoms with van der Waals surface area (Å²) in [4.78, 5) is 13.5. The van der Waals surface area contributed by atoms with Crippen molar-refractivity contribution >= 4 is 22.7 Å². The van der Waals surface area contributed by atoms with Crippen LogP contribution < -0.4 is 10.6 Å². The highest BCUT2D eigenvalue weighted by Gasteiger charge is 2.40. The summed E-state index contributed by atoms with van der Waals surface area (Å²) in [6.07, 6.45) is 8.14. The number of ether oxygens (including phenoxy) is 1. The summed E-state index contributed by atoms with van der Waals surface area (Å²) in [5, 5.41) is 7.22. The molecule has 3 heterocycles. The highest BCUT2D eigenvalue weighted by molar-refractivity contribution is 5.90. The molecule has 1 saturated heterocycles. The van der Waals surface area contributed by atoms with Crippen molar-refractivity contribution in [1.29, 1.82) is 0 Å². The average Bonchev–Trinajstić information content (AvgIpc) is 3.33. The smallest absolute Gasteiger partial charge is 0.225 e. The molecule has 1 aliphatic heterocycles. The first-order valence-corrected chi connectivity index (χ1v) is 10.7. The fourth-order valence-corrected chi connectivity index (χ4v) is 4.27. The second-order valence-electron chi connectivity index (χ2n) is 8.38. The van der Waals surface area contributed by atoms with E-state index < -0.39 is 0 Å². The Balaban J connectivity index is 1.32. The van der Waals surface area contributed by atoms with E-state index in [9.17, 15) is 4.39 Å². The molecule has 0 bridgehead atoms. The fourth-order valence-electron chi connectivity index (χ4n) is 4.27. The van der Waals surface area contributed by atoms with E-state index in [0.717, 1.165) is 25.1 Å². The van der Waals surface area contributed by atoms with Crippen molar-refractivity contribution in [2.45, 2.75) is 31.7 Å². The fraction of sp³-hybridized carbons (Fsp3) is 0.500. The van der Waals surface area contributed by atoms with E-state index in [2.05, 4.69) is 25.6 Å². The number of aryl methyl sites for hydroxylation is 2. The Hall–Kier alpha value is -2.74. The lowest BCUT2D eigenvalue weighted by molar-refractivity contribution is 0.181. The van der Waals surface area contributed by atoms with Gasteiger partial charge in [-0.15, -0.1) is 0 Å². The highest BCUT2D eigenvalue weighted by atomic mass is 19.1. The molecule has 158 valence electrons. The van der Waals surface area contributed by atoms with Crippen LogP contribution in [0.1, 0.15) is 25.0 Å². The van der Waals surface area contributed by atoms with Gasteiger partial charge in [0, 0.05) is 25.7 Å². The number of rotatable bonds is 8. The topological polar surface area (TPSA) is 76.9 Å². The molecule has 5 rings (SSSR count). The van der Waals surface area contributed by atoms with Crippen molar-refractivity contribution in [2.75, 3.05) is 30.4 Å². The van der Waals surface area contributed by atoms with Crippen molar-refractivity contribution in [2.24, 2.45) is 18.9 Å². The minimum Gasteiger partial charge on any atom is -0.379 e. The summed E-state index contributed by atoms with van der Waals surface area (Å²) in [6, 6.07) is 5.13. The van der Waals surface area contributed by atoms with E-state index in [4.69, 9.17) is 4.74 Å². The van der Waals surface area contributed by atoms with Gasteiger partial charge < -0.3 is 19.9 Å². The Morgan fingerprint density at radius 1 is 1.23 bits per heavy atom. The molecule has 0 spiro atoms. The molecule has 3 aromatic rings. The molecule has 30 heavy (non-hydrogen) atoms. The number of halogens is 1. The van der Waals surface area contributed by atoms with E-state index in [1.165, 1.54) is 18.9 Å². The van der Waals surface area contributed by atoms with Crippen LogP contribution in [0, 0.1) is 17.7 Å². The van der Waals surface area contributed by atoms with Crippen molar-refractivity contribution in [3.8, 4) is 0 Å². The normalized spacial score (nSPS) is 21.3. The maximum atomic E-state index is 14.6. The van der Waals surface area contributed by atoms with Crippen LogP contribution >= 0.6 is 0 Å². The number of hydrogen-bond acceptors (Lipinski definition) is 6. The van der Waals surface area contributed by atoms with Crippen LogP contribution in [0.15, 0.2) is 30.7 Å². The standard InChI is InChI=1S/C22H27FN6O/c1-29-10-15(25-13-29)4-3-9-24-22-27-18-6-2-5-17(23)20(18)21(28-22)26-19-12-30-11-16(19)14-7-8-14/h2,5-6,10,13-14,16,19H,3-4,7-9,11-12H2,1H3,(H2,24,26,27,28). The van der Waals surface area contributed by atoms with Crippen molar-refractivity contribution in [1.82, 2.24) is 19.5 Å². The van der Waals surface area contributed by atoms with E-state index in [-0.39, 0.29) is 11.9 Å². The Kier molecular flexibility index (Phi) is 5.25. The van der Waals surface area contributed by atoms with Crippen LogP contribution in [-0.4, -0.2) is 45.3 Å². The third-order valence-corrected chi connectivity index (χ3v) is 6.00. The predicted molar refractivity (Wildman–Crippen MR) is 114 cm³/mol. The molecule has 2 atom stereocenters. The summed E-state index contributed by atoms with van der Waals surface area (Å²) in [6.45, 7) is 2.12. The zero-order valence-electron chi connectivity index (χ0n) is 17.1. The van der Waals surface area contributed by atoms with Gasteiger partial charge in [0.25, 0.3) is 0 Å². The monoisotopic (exact) mass is 410 g/mol. The van der Waals surface area contributed by atoms with Crippen LogP contribution in [0.2, 0.25) is 0 Å². The minimum atomic E-state index is -0.307. The number of nitrogens with zero attached hydrogens (tertiary/aromatic N) is 4. The molecule has 1 aromatic carbocycles. The summed E-state index contributed by atoms with van der Waals surface area (Å²) in [5.41, 5.74) is 1.66. The Labute approximate surface area is 175 Å². The maximum absolute atomic E-state index is 14.6. The summed E-state index contributed by atoms with van der Waals surface area (Å²) in [5.74, 6) is 1.94. The molecule has 8 heteroatoms. The third-order valence-electron chi connectivity index (χ3n) is 6.00. The van der Waals surface area contributed by atoms with E-state index in [1.54, 1.807) is 6.07 Å². The van der Waals surface area contributed by atoms with Crippen molar-refractivity contribution in [3.05, 3.63) is 42.2 Å². The van der Waals surface area contributed by atoms with Gasteiger partial charge in [-0.05, 0) is 43.7 Å². The number of imidazole rings is 1. The minimum absolute atomic E-state index is 0.159. The Bertz CT molecular complexity index is 1030. The molecule has 2 aromatic heterocycles. The summed E-state index contributed by atoms with van der Waals surface area (Å²) < 4.78 is 22.3. The molecule has 1 saturated carbocycles. The molecule has 1 aliphatic carbocycles. The van der Waals surface area contributed by atoms with Gasteiger partial charge in [-0.25, -0.2) is 14.4 Å². The van der Waals surface area contributed by atoms with Gasteiger partial charge in [-0.3, -0.25) is 0 Å². The van der Waals surface area contributed by atoms with Gasteiger partial charge in [0.2, 0.25) is 5.95 Å². The number of aromatic nitrogens is 4. The summed E-state index contributed by atoms with van der Waals surface area (Å²) >= 11 is 0. The molecule has 7 nitrogen and oxygen atoms in total. The van der Waals surface area contributed by atoms with Gasteiger partial charge in [0.05, 0.1) is 42.2 Å². The maximum Gasteiger partial charge on any atom is 0.225 e. The number of fused-ring (bicyclic) bond motifs is 1. The molecular weight excluding hydrogens is 383 g/mol. The molecule has 2 unspecified atom stereocenters. The van der Waals surface area contributed by atoms with Gasteiger partial charge in [-0.2, -0.15) is 4.98 Å². The van der Waals surface area contributed by atoms with Gasteiger partial charge in [0.1, 0.15) is 11.6 Å². The van der Waals surface area contributed by atoms with E-state index in [1.807, 2.05) is 30.2 Å². The molecule has 2 aliphatic rings. The van der Waals surface area contributed by atoms with Crippen LogP contribution in [0.3, 0.4) is 0 Å². The lowest BCUT2D eigenvalue weighted by Gasteiger charge is -2.21. The Morgan fingerprint density at radius 2 is 2.13 bits per heavy atom. The average molecular weight is 410 g/mol. The highest BCUT2D eigenvalue weighted by Crippen LogP contribution is 2.42. The van der Waals surface area contributed by atoms with Crippen molar-refractivity contribution in [3.63, 3.8) is 0 Å². The number of anilines is 2. The van der Waals surface area contributed by atoms with Crippen LogP contribution in [-0.2, 0) is 18.2 Å². The zero-order valence-corrected chi connectivity index (χ0v) is 17.1. The molecule has 2 fully saturated rings. The zero-order chi connectivity index (χ0) is 20.5. The molecule has 0 amide bonds. The Morgan fingerprint density at radius 3 is 2.93 bits per heavy atom.